The second-order valence-electron chi connectivity index (χ2n) is 9.66. The highest BCUT2D eigenvalue weighted by atomic mass is 35.5. The minimum absolute atomic E-state index is 0.0946. The van der Waals surface area contributed by atoms with Gasteiger partial charge in [0.25, 0.3) is 0 Å². The van der Waals surface area contributed by atoms with Crippen molar-refractivity contribution < 1.29 is 22.7 Å². The highest BCUT2D eigenvalue weighted by Crippen LogP contribution is 2.37. The Balaban J connectivity index is 1.51. The van der Waals surface area contributed by atoms with Gasteiger partial charge in [0.05, 0.1) is 10.9 Å². The predicted molar refractivity (Wildman–Crippen MR) is 132 cm³/mol. The summed E-state index contributed by atoms with van der Waals surface area (Å²) in [5.74, 6) is 0.00203. The Morgan fingerprint density at radius 1 is 1.22 bits per heavy atom. The summed E-state index contributed by atoms with van der Waals surface area (Å²) >= 11 is 5.94. The number of hydrogen-bond donors (Lipinski definition) is 1. The van der Waals surface area contributed by atoms with Gasteiger partial charge in [0, 0.05) is 50.0 Å². The summed E-state index contributed by atoms with van der Waals surface area (Å²) in [6, 6.07) is 4.22. The molecule has 196 valence electrons. The second kappa shape index (κ2) is 10.8. The van der Waals surface area contributed by atoms with E-state index in [1.165, 1.54) is 17.7 Å². The van der Waals surface area contributed by atoms with Crippen molar-refractivity contribution in [2.24, 2.45) is 0 Å². The van der Waals surface area contributed by atoms with E-state index in [2.05, 4.69) is 31.8 Å². The van der Waals surface area contributed by atoms with Crippen molar-refractivity contribution >= 4 is 23.3 Å². The number of halogens is 4. The van der Waals surface area contributed by atoms with E-state index in [1.807, 2.05) is 13.8 Å². The molecular formula is C25H31ClF3N5O2. The number of amides is 1. The highest BCUT2D eigenvalue weighted by molar-refractivity contribution is 6.32. The molecule has 1 aliphatic carbocycles. The number of hydrogen-bond acceptors (Lipinski definition) is 6. The molecule has 1 N–H and O–H groups in total. The van der Waals surface area contributed by atoms with Crippen LogP contribution in [0.4, 0.5) is 19.0 Å². The molecule has 0 spiro atoms. The maximum Gasteiger partial charge on any atom is 0.573 e. The van der Waals surface area contributed by atoms with Crippen LogP contribution >= 0.6 is 11.6 Å². The number of alkyl halides is 3. The minimum atomic E-state index is -4.88. The predicted octanol–water partition coefficient (Wildman–Crippen LogP) is 4.51. The van der Waals surface area contributed by atoms with Crippen LogP contribution < -0.4 is 15.0 Å². The van der Waals surface area contributed by atoms with Crippen LogP contribution in [0, 0.1) is 0 Å². The van der Waals surface area contributed by atoms with Crippen molar-refractivity contribution in [1.29, 1.82) is 0 Å². The van der Waals surface area contributed by atoms with E-state index in [9.17, 15) is 18.0 Å². The lowest BCUT2D eigenvalue weighted by molar-refractivity contribution is -0.274. The molecule has 2 aromatic rings. The number of carbonyl (C=O) groups excluding carboxylic acids is 1. The number of ether oxygens (including phenoxy) is 1. The monoisotopic (exact) mass is 525 g/mol. The first-order chi connectivity index (χ1) is 17.0. The van der Waals surface area contributed by atoms with Gasteiger partial charge in [-0.05, 0) is 36.5 Å². The van der Waals surface area contributed by atoms with E-state index >= 15 is 0 Å². The molecule has 7 nitrogen and oxygen atoms in total. The Morgan fingerprint density at radius 3 is 2.61 bits per heavy atom. The molecule has 4 rings (SSSR count). The van der Waals surface area contributed by atoms with Crippen LogP contribution in [-0.4, -0.2) is 65.9 Å². The van der Waals surface area contributed by atoms with E-state index in [1.54, 1.807) is 17.3 Å². The summed E-state index contributed by atoms with van der Waals surface area (Å²) in [6.07, 6.45) is -1.26. The normalized spacial score (nSPS) is 18.9. The standard InChI is InChI=1S/C25H31ClF3N5O2/c1-15(2)30-13-18(17-5-6-19(26)21(12-17)36-25(27,28)29)24(35)34-10-8-33(9-11-34)23-22-16(3)4-7-20(22)31-14-32-23/h5-6,12,14-16,18,30H,4,7-11,13H2,1-3H3/t16-,18-/m1/s1. The first-order valence-electron chi connectivity index (χ1n) is 12.2. The first-order valence-corrected chi connectivity index (χ1v) is 12.6. The van der Waals surface area contributed by atoms with E-state index in [0.717, 1.165) is 24.4 Å². The summed E-state index contributed by atoms with van der Waals surface area (Å²) in [5.41, 5.74) is 2.72. The van der Waals surface area contributed by atoms with Gasteiger partial charge in [-0.25, -0.2) is 9.97 Å². The number of piperazine rings is 1. The van der Waals surface area contributed by atoms with Gasteiger partial charge >= 0.3 is 6.36 Å². The number of aromatic nitrogens is 2. The topological polar surface area (TPSA) is 70.6 Å². The quantitative estimate of drug-likeness (QED) is 0.573. The van der Waals surface area contributed by atoms with Gasteiger partial charge in [-0.2, -0.15) is 0 Å². The SMILES string of the molecule is CC(C)NC[C@@H](C(=O)N1CCN(c2ncnc3c2[C@H](C)CC3)CC1)c1ccc(Cl)c(OC(F)(F)F)c1. The van der Waals surface area contributed by atoms with Gasteiger partial charge in [-0.1, -0.05) is 38.4 Å². The van der Waals surface area contributed by atoms with Gasteiger partial charge < -0.3 is 19.9 Å². The Hall–Kier alpha value is -2.59. The fourth-order valence-corrected chi connectivity index (χ4v) is 5.03. The number of nitrogens with zero attached hydrogens (tertiary/aromatic N) is 4. The summed E-state index contributed by atoms with van der Waals surface area (Å²) in [7, 11) is 0. The van der Waals surface area contributed by atoms with E-state index in [0.29, 0.717) is 37.7 Å². The number of fused-ring (bicyclic) bond motifs is 1. The summed E-state index contributed by atoms with van der Waals surface area (Å²) in [4.78, 5) is 26.6. The number of carbonyl (C=O) groups is 1. The molecule has 2 heterocycles. The van der Waals surface area contributed by atoms with Crippen LogP contribution in [0.25, 0.3) is 0 Å². The molecule has 2 aliphatic rings. The summed E-state index contributed by atoms with van der Waals surface area (Å²) in [5, 5.41) is 3.08. The number of nitrogens with one attached hydrogen (secondary N) is 1. The fourth-order valence-electron chi connectivity index (χ4n) is 4.87. The molecule has 1 aromatic carbocycles. The zero-order valence-electron chi connectivity index (χ0n) is 20.6. The maximum atomic E-state index is 13.6. The first kappa shape index (κ1) is 26.5. The lowest BCUT2D eigenvalue weighted by atomic mass is 9.96. The van der Waals surface area contributed by atoms with E-state index in [4.69, 9.17) is 11.6 Å². The van der Waals surface area contributed by atoms with Crippen LogP contribution in [0.1, 0.15) is 55.8 Å². The lowest BCUT2D eigenvalue weighted by Gasteiger charge is -2.38. The molecule has 0 saturated carbocycles. The molecule has 11 heteroatoms. The molecule has 36 heavy (non-hydrogen) atoms. The molecule has 1 aliphatic heterocycles. The molecule has 1 amide bonds. The lowest BCUT2D eigenvalue weighted by Crippen LogP contribution is -2.51. The maximum absolute atomic E-state index is 13.6. The number of rotatable bonds is 7. The van der Waals surface area contributed by atoms with Crippen molar-refractivity contribution in [2.75, 3.05) is 37.6 Å². The van der Waals surface area contributed by atoms with Crippen molar-refractivity contribution in [2.45, 2.75) is 57.9 Å². The Morgan fingerprint density at radius 2 is 1.94 bits per heavy atom. The van der Waals surface area contributed by atoms with Crippen LogP contribution in [0.3, 0.4) is 0 Å². The minimum Gasteiger partial charge on any atom is -0.404 e. The van der Waals surface area contributed by atoms with Crippen molar-refractivity contribution in [3.63, 3.8) is 0 Å². The summed E-state index contributed by atoms with van der Waals surface area (Å²) < 4.78 is 42.7. The molecule has 0 bridgehead atoms. The zero-order valence-corrected chi connectivity index (χ0v) is 21.4. The third-order valence-corrected chi connectivity index (χ3v) is 7.07. The molecule has 1 saturated heterocycles. The van der Waals surface area contributed by atoms with Crippen molar-refractivity contribution in [1.82, 2.24) is 20.2 Å². The third kappa shape index (κ3) is 6.03. The number of benzene rings is 1. The van der Waals surface area contributed by atoms with Gasteiger partial charge in [-0.3, -0.25) is 4.79 Å². The second-order valence-corrected chi connectivity index (χ2v) is 10.1. The summed E-state index contributed by atoms with van der Waals surface area (Å²) in [6.45, 7) is 8.58. The van der Waals surface area contributed by atoms with E-state index in [-0.39, 0.29) is 23.5 Å². The average Bonchev–Trinajstić information content (AvgIpc) is 3.21. The Bertz CT molecular complexity index is 1090. The zero-order chi connectivity index (χ0) is 26.0. The smallest absolute Gasteiger partial charge is 0.404 e. The van der Waals surface area contributed by atoms with Gasteiger partial charge in [0.2, 0.25) is 5.91 Å². The molecular weight excluding hydrogens is 495 g/mol. The van der Waals surface area contributed by atoms with Gasteiger partial charge in [-0.15, -0.1) is 13.2 Å². The van der Waals surface area contributed by atoms with Crippen LogP contribution in [0.2, 0.25) is 5.02 Å². The van der Waals surface area contributed by atoms with Crippen LogP contribution in [0.5, 0.6) is 5.75 Å². The number of anilines is 1. The number of aryl methyl sites for hydroxylation is 1. The molecule has 1 fully saturated rings. The third-order valence-electron chi connectivity index (χ3n) is 6.75. The van der Waals surface area contributed by atoms with Crippen molar-refractivity contribution in [3.05, 3.63) is 46.4 Å². The molecule has 0 radical (unpaired) electrons. The van der Waals surface area contributed by atoms with Crippen LogP contribution in [-0.2, 0) is 11.2 Å². The van der Waals surface area contributed by atoms with Crippen LogP contribution in [0.15, 0.2) is 24.5 Å². The highest BCUT2D eigenvalue weighted by Gasteiger charge is 2.34. The molecule has 0 unspecified atom stereocenters. The largest absolute Gasteiger partial charge is 0.573 e. The molecule has 1 aromatic heterocycles. The van der Waals surface area contributed by atoms with E-state index < -0.39 is 18.0 Å². The fraction of sp³-hybridized carbons (Fsp3) is 0.560. The van der Waals surface area contributed by atoms with Gasteiger partial charge in [0.1, 0.15) is 17.9 Å². The molecule has 2 atom stereocenters. The van der Waals surface area contributed by atoms with Gasteiger partial charge in [0.15, 0.2) is 0 Å². The average molecular weight is 526 g/mol. The Labute approximate surface area is 214 Å². The Kier molecular flexibility index (Phi) is 7.94. The van der Waals surface area contributed by atoms with Crippen molar-refractivity contribution in [3.8, 4) is 5.75 Å².